The van der Waals surface area contributed by atoms with Gasteiger partial charge in [0.2, 0.25) is 0 Å². The SMILES string of the molecule is COc1nc2[nH]ccc2cc1Oc1cc(N2CCC3(CC2)CC(N2CCC[C@@H]2c2ccccc2C(C)C)C3)ccc1C(=O)NS(=O)(=O)c1cc2c(c([N+](=O)[O-])c1)N[C@@H](C1CCC(C)(C)CC1)CO2. The summed E-state index contributed by atoms with van der Waals surface area (Å²) >= 11 is 0. The van der Waals surface area contributed by atoms with Crippen molar-refractivity contribution in [3.05, 3.63) is 99.7 Å². The van der Waals surface area contributed by atoms with E-state index >= 15 is 0 Å². The van der Waals surface area contributed by atoms with Crippen molar-refractivity contribution in [3.63, 3.8) is 0 Å². The van der Waals surface area contributed by atoms with Crippen LogP contribution in [0.25, 0.3) is 11.0 Å². The Balaban J connectivity index is 0.875. The summed E-state index contributed by atoms with van der Waals surface area (Å²) in [5.41, 5.74) is 4.52. The molecule has 4 fully saturated rings. The van der Waals surface area contributed by atoms with Crippen molar-refractivity contribution >= 4 is 44.0 Å². The number of sulfonamides is 1. The first kappa shape index (κ1) is 45.9. The van der Waals surface area contributed by atoms with Crippen molar-refractivity contribution in [3.8, 4) is 23.1 Å². The molecule has 0 unspecified atom stereocenters. The Bertz CT molecular complexity index is 2840. The lowest BCUT2D eigenvalue weighted by Crippen LogP contribution is -2.54. The zero-order chi connectivity index (χ0) is 47.5. The number of hydrogen-bond acceptors (Lipinski definition) is 12. The second-order valence-corrected chi connectivity index (χ2v) is 22.7. The average Bonchev–Trinajstić information content (AvgIpc) is 3.99. The van der Waals surface area contributed by atoms with Gasteiger partial charge in [-0.15, -0.1) is 0 Å². The number of nitrogens with one attached hydrogen (secondary N) is 3. The first-order chi connectivity index (χ1) is 32.6. The molecule has 16 heteroatoms. The zero-order valence-electron chi connectivity index (χ0n) is 39.7. The van der Waals surface area contributed by atoms with Gasteiger partial charge in [0.1, 0.15) is 18.0 Å². The molecule has 0 bridgehead atoms. The number of H-pyrrole nitrogens is 1. The van der Waals surface area contributed by atoms with Gasteiger partial charge in [-0.2, -0.15) is 4.98 Å². The number of carbonyl (C=O) groups excluding carboxylic acids is 1. The van der Waals surface area contributed by atoms with E-state index < -0.39 is 31.4 Å². The highest BCUT2D eigenvalue weighted by molar-refractivity contribution is 7.90. The monoisotopic (exact) mass is 945 g/mol. The number of aromatic amines is 1. The van der Waals surface area contributed by atoms with Crippen molar-refractivity contribution in [2.24, 2.45) is 16.7 Å². The number of nitrogens with zero attached hydrogens (tertiary/aromatic N) is 4. The number of aromatic nitrogens is 2. The first-order valence-corrected chi connectivity index (χ1v) is 25.8. The van der Waals surface area contributed by atoms with Crippen LogP contribution in [0.4, 0.5) is 17.1 Å². The number of amides is 1. The molecule has 3 N–H and O–H groups in total. The Labute approximate surface area is 398 Å². The predicted octanol–water partition coefficient (Wildman–Crippen LogP) is 10.5. The molecule has 2 aliphatic carbocycles. The third-order valence-corrected chi connectivity index (χ3v) is 17.2. The highest BCUT2D eigenvalue weighted by Gasteiger charge is 2.50. The quantitative estimate of drug-likeness (QED) is 0.0797. The van der Waals surface area contributed by atoms with E-state index in [0.717, 1.165) is 75.3 Å². The van der Waals surface area contributed by atoms with Crippen LogP contribution in [-0.2, 0) is 10.0 Å². The van der Waals surface area contributed by atoms with Crippen LogP contribution in [0.15, 0.2) is 77.8 Å². The summed E-state index contributed by atoms with van der Waals surface area (Å²) in [6, 6.07) is 20.8. The number of benzene rings is 3. The van der Waals surface area contributed by atoms with E-state index in [2.05, 4.69) is 81.8 Å². The lowest BCUT2D eigenvalue weighted by atomic mass is 9.59. The highest BCUT2D eigenvalue weighted by Crippen LogP contribution is 2.55. The minimum Gasteiger partial charge on any atom is -0.489 e. The van der Waals surface area contributed by atoms with Crippen LogP contribution in [0.1, 0.15) is 125 Å². The number of nitro groups is 1. The molecule has 2 atom stereocenters. The largest absolute Gasteiger partial charge is 0.489 e. The van der Waals surface area contributed by atoms with Crippen molar-refractivity contribution in [2.75, 3.05) is 43.6 Å². The number of nitro benzene ring substituents is 1. The summed E-state index contributed by atoms with van der Waals surface area (Å²) in [7, 11) is -3.20. The normalized spacial score (nSPS) is 21.8. The van der Waals surface area contributed by atoms with Gasteiger partial charge in [0, 0.05) is 60.6 Å². The number of hydrogen-bond donors (Lipinski definition) is 3. The second kappa shape index (κ2) is 17.9. The third kappa shape index (κ3) is 8.85. The molecule has 5 aromatic rings. The molecule has 5 heterocycles. The molecule has 15 nitrogen and oxygen atoms in total. The van der Waals surface area contributed by atoms with Crippen molar-refractivity contribution in [1.29, 1.82) is 0 Å². The third-order valence-electron chi connectivity index (χ3n) is 15.8. The van der Waals surface area contributed by atoms with E-state index in [9.17, 15) is 23.3 Å². The summed E-state index contributed by atoms with van der Waals surface area (Å²) < 4.78 is 48.4. The van der Waals surface area contributed by atoms with E-state index in [0.29, 0.717) is 23.6 Å². The van der Waals surface area contributed by atoms with E-state index in [-0.39, 0.29) is 63.8 Å². The molecule has 10 rings (SSSR count). The number of methoxy groups -OCH3 is 1. The molecular formula is C52H63N7O8S. The summed E-state index contributed by atoms with van der Waals surface area (Å²) in [4.78, 5) is 38.3. The lowest BCUT2D eigenvalue weighted by molar-refractivity contribution is -0.384. The molecule has 360 valence electrons. The first-order valence-electron chi connectivity index (χ1n) is 24.3. The van der Waals surface area contributed by atoms with Gasteiger partial charge in [0.15, 0.2) is 17.2 Å². The molecule has 2 aromatic heterocycles. The number of fused-ring (bicyclic) bond motifs is 2. The van der Waals surface area contributed by atoms with Gasteiger partial charge in [0.25, 0.3) is 27.5 Å². The molecule has 3 aromatic carbocycles. The smallest absolute Gasteiger partial charge is 0.297 e. The lowest BCUT2D eigenvalue weighted by Gasteiger charge is -2.56. The number of carbonyl (C=O) groups is 1. The number of pyridine rings is 1. The fourth-order valence-corrected chi connectivity index (χ4v) is 12.8. The topological polar surface area (TPSA) is 181 Å². The van der Waals surface area contributed by atoms with Gasteiger partial charge >= 0.3 is 0 Å². The van der Waals surface area contributed by atoms with E-state index in [1.807, 2.05) is 12.1 Å². The average molecular weight is 946 g/mol. The Morgan fingerprint density at radius 2 is 1.74 bits per heavy atom. The van der Waals surface area contributed by atoms with Gasteiger partial charge in [-0.1, -0.05) is 52.0 Å². The van der Waals surface area contributed by atoms with Crippen LogP contribution in [0, 0.1) is 26.9 Å². The Morgan fingerprint density at radius 3 is 2.47 bits per heavy atom. The Kier molecular flexibility index (Phi) is 12.1. The van der Waals surface area contributed by atoms with E-state index in [1.54, 1.807) is 24.4 Å². The second-order valence-electron chi connectivity index (χ2n) is 21.0. The van der Waals surface area contributed by atoms with Gasteiger partial charge in [-0.25, -0.2) is 13.1 Å². The van der Waals surface area contributed by atoms with E-state index in [1.165, 1.54) is 50.0 Å². The maximum atomic E-state index is 14.2. The maximum Gasteiger partial charge on any atom is 0.297 e. The summed E-state index contributed by atoms with van der Waals surface area (Å²) in [6.45, 7) is 12.1. The summed E-state index contributed by atoms with van der Waals surface area (Å²) in [5.74, 6) is 0.306. The molecule has 1 amide bonds. The fourth-order valence-electron chi connectivity index (χ4n) is 11.8. The standard InChI is InChI=1S/C52H63N7O8S/c1-32(2)38-9-6-7-10-39(38)42-11-8-22-58(42)36-29-52(30-36)19-23-57(24-20-52)35-12-13-40(44(26-35)67-46-25-34-16-21-53-48(34)55-50(46)65-5)49(60)56-68(63,64)37-27-43(59(61)62)47-45(28-37)66-31-41(54-47)33-14-17-51(3,4)18-15-33/h6-7,9-10,12-13,16,21,25-28,32-33,36,41-42,54H,8,11,14-15,17-20,22-24,29-31H2,1-5H3,(H,53,55)(H,56,60)/t41-,42-/m1/s1. The molecule has 68 heavy (non-hydrogen) atoms. The molecule has 2 saturated carbocycles. The van der Waals surface area contributed by atoms with Crippen LogP contribution in [0.5, 0.6) is 23.1 Å². The molecule has 0 radical (unpaired) electrons. The van der Waals surface area contributed by atoms with Crippen LogP contribution >= 0.6 is 0 Å². The number of anilines is 2. The summed E-state index contributed by atoms with van der Waals surface area (Å²) in [6.07, 6.45) is 12.6. The van der Waals surface area contributed by atoms with Crippen molar-refractivity contribution in [1.82, 2.24) is 19.6 Å². The maximum absolute atomic E-state index is 14.2. The predicted molar refractivity (Wildman–Crippen MR) is 262 cm³/mol. The van der Waals surface area contributed by atoms with E-state index in [4.69, 9.17) is 14.2 Å². The number of likely N-dealkylation sites (tertiary alicyclic amines) is 1. The molecule has 5 aliphatic rings. The highest BCUT2D eigenvalue weighted by atomic mass is 32.2. The minimum absolute atomic E-state index is 0.0425. The number of ether oxygens (including phenoxy) is 3. The van der Waals surface area contributed by atoms with Crippen LogP contribution in [0.2, 0.25) is 0 Å². The van der Waals surface area contributed by atoms with Gasteiger partial charge in [-0.05, 0) is 129 Å². The van der Waals surface area contributed by atoms with Crippen molar-refractivity contribution in [2.45, 2.75) is 121 Å². The number of rotatable bonds is 12. The van der Waals surface area contributed by atoms with Gasteiger partial charge in [0.05, 0.1) is 28.5 Å². The number of piperidine rings is 1. The van der Waals surface area contributed by atoms with Crippen LogP contribution in [-0.4, -0.2) is 79.6 Å². The van der Waals surface area contributed by atoms with Gasteiger partial charge in [-0.3, -0.25) is 19.8 Å². The van der Waals surface area contributed by atoms with Crippen molar-refractivity contribution < 1.29 is 32.3 Å². The van der Waals surface area contributed by atoms with Crippen LogP contribution < -0.4 is 29.1 Å². The summed E-state index contributed by atoms with van der Waals surface area (Å²) in [5, 5.41) is 16.5. The minimum atomic E-state index is -4.67. The van der Waals surface area contributed by atoms with Gasteiger partial charge < -0.3 is 29.4 Å². The Hall–Kier alpha value is -5.87. The molecule has 1 spiro atoms. The Morgan fingerprint density at radius 1 is 0.971 bits per heavy atom. The molecule has 3 aliphatic heterocycles. The zero-order valence-corrected chi connectivity index (χ0v) is 40.5. The molecule has 2 saturated heterocycles. The molecular weight excluding hydrogens is 883 g/mol. The fraction of sp³-hybridized carbons (Fsp3) is 0.500. The van der Waals surface area contributed by atoms with Crippen LogP contribution in [0.3, 0.4) is 0 Å².